The molecule has 0 radical (unpaired) electrons. The quantitative estimate of drug-likeness (QED) is 0.589. The van der Waals surface area contributed by atoms with Crippen molar-refractivity contribution in [3.05, 3.63) is 35.0 Å². The van der Waals surface area contributed by atoms with Crippen LogP contribution in [0, 0.1) is 0 Å². The second-order valence-electron chi connectivity index (χ2n) is 8.28. The first kappa shape index (κ1) is 21.9. The highest BCUT2D eigenvalue weighted by Gasteiger charge is 2.29. The van der Waals surface area contributed by atoms with Crippen LogP contribution in [0.4, 0.5) is 16.3 Å². The lowest BCUT2D eigenvalue weighted by molar-refractivity contribution is -0.125. The molecule has 30 heavy (non-hydrogen) atoms. The van der Waals surface area contributed by atoms with Crippen LogP contribution in [-0.4, -0.2) is 34.9 Å². The number of hydrogen-bond acceptors (Lipinski definition) is 5. The Morgan fingerprint density at radius 3 is 2.67 bits per heavy atom. The first-order valence-corrected chi connectivity index (χ1v) is 10.0. The van der Waals surface area contributed by atoms with E-state index in [0.29, 0.717) is 28.7 Å². The lowest BCUT2D eigenvalue weighted by Crippen LogP contribution is -2.52. The van der Waals surface area contributed by atoms with Gasteiger partial charge in [-0.05, 0) is 25.1 Å². The molecule has 2 aromatic rings. The third-order valence-electron chi connectivity index (χ3n) is 4.63. The second kappa shape index (κ2) is 8.53. The number of ether oxygens (including phenoxy) is 1. The third kappa shape index (κ3) is 5.03. The lowest BCUT2D eigenvalue weighted by Gasteiger charge is -2.30. The van der Waals surface area contributed by atoms with Gasteiger partial charge in [-0.25, -0.2) is 9.48 Å². The monoisotopic (exact) mass is 434 g/mol. The zero-order chi connectivity index (χ0) is 22.1. The normalized spacial score (nSPS) is 19.2. The van der Waals surface area contributed by atoms with Crippen molar-refractivity contribution in [1.29, 1.82) is 0 Å². The van der Waals surface area contributed by atoms with Crippen molar-refractivity contribution < 1.29 is 14.3 Å². The van der Waals surface area contributed by atoms with Gasteiger partial charge in [-0.15, -0.1) is 0 Å². The molecule has 1 aromatic carbocycles. The molecule has 1 aliphatic heterocycles. The van der Waals surface area contributed by atoms with Crippen LogP contribution >= 0.6 is 11.6 Å². The first-order chi connectivity index (χ1) is 14.1. The fraction of sp³-hybridized carbons (Fsp3) is 0.450. The Labute approximate surface area is 180 Å². The summed E-state index contributed by atoms with van der Waals surface area (Å²) in [6.07, 6.45) is -0.199. The van der Waals surface area contributed by atoms with Gasteiger partial charge < -0.3 is 15.4 Å². The van der Waals surface area contributed by atoms with Crippen LogP contribution in [0.3, 0.4) is 0 Å². The summed E-state index contributed by atoms with van der Waals surface area (Å²) in [4.78, 5) is 24.7. The Balaban J connectivity index is 1.87. The number of anilines is 2. The predicted molar refractivity (Wildman–Crippen MR) is 116 cm³/mol. The van der Waals surface area contributed by atoms with Gasteiger partial charge in [0, 0.05) is 29.0 Å². The number of amides is 3. The fourth-order valence-electron chi connectivity index (χ4n) is 3.09. The molecule has 1 aromatic heterocycles. The summed E-state index contributed by atoms with van der Waals surface area (Å²) in [6, 6.07) is 6.22. The molecule has 0 bridgehead atoms. The highest BCUT2D eigenvalue weighted by Crippen LogP contribution is 2.29. The molecule has 0 saturated carbocycles. The summed E-state index contributed by atoms with van der Waals surface area (Å²) in [5, 5.41) is 16.8. The van der Waals surface area contributed by atoms with E-state index in [0.717, 1.165) is 5.69 Å². The summed E-state index contributed by atoms with van der Waals surface area (Å²) in [6.45, 7) is 7.99. The summed E-state index contributed by atoms with van der Waals surface area (Å²) >= 11 is 6.04. The van der Waals surface area contributed by atoms with E-state index in [1.807, 2.05) is 27.7 Å². The average Bonchev–Trinajstić information content (AvgIpc) is 3.05. The highest BCUT2D eigenvalue weighted by atomic mass is 35.5. The summed E-state index contributed by atoms with van der Waals surface area (Å²) < 4.78 is 6.84. The summed E-state index contributed by atoms with van der Waals surface area (Å²) in [5.74, 6) is 0.830. The van der Waals surface area contributed by atoms with Crippen LogP contribution in [0.5, 0.6) is 5.75 Å². The number of rotatable bonds is 4. The van der Waals surface area contributed by atoms with Crippen molar-refractivity contribution in [2.24, 2.45) is 0 Å². The van der Waals surface area contributed by atoms with Gasteiger partial charge in [0.05, 0.1) is 18.5 Å². The van der Waals surface area contributed by atoms with Gasteiger partial charge in [0.25, 0.3) is 0 Å². The molecule has 10 heteroatoms. The number of hydrogen-bond donors (Lipinski definition) is 4. The molecule has 1 saturated heterocycles. The standard InChI is InChI=1S/C20H27ClN6O3/c1-11-8-17(28)25-18(22-11)27-16(10-15(26-27)20(2,3)4)24-19(29)23-13-9-12(21)6-7-14(13)30-5/h6-7,9-11,18,22H,8H2,1-5H3,(H,25,28)(H2,23,24,29). The molecule has 1 aliphatic rings. The number of carbonyl (C=O) groups is 2. The Kier molecular flexibility index (Phi) is 6.23. The van der Waals surface area contributed by atoms with Crippen LogP contribution in [0.1, 0.15) is 46.1 Å². The van der Waals surface area contributed by atoms with E-state index in [1.54, 1.807) is 28.9 Å². The van der Waals surface area contributed by atoms with Crippen LogP contribution in [0.25, 0.3) is 0 Å². The largest absolute Gasteiger partial charge is 0.495 e. The predicted octanol–water partition coefficient (Wildman–Crippen LogP) is 3.44. The van der Waals surface area contributed by atoms with E-state index in [9.17, 15) is 9.59 Å². The molecule has 4 N–H and O–H groups in total. The molecule has 3 rings (SSSR count). The van der Waals surface area contributed by atoms with E-state index >= 15 is 0 Å². The van der Waals surface area contributed by atoms with E-state index in [2.05, 4.69) is 26.4 Å². The smallest absolute Gasteiger partial charge is 0.324 e. The number of nitrogens with one attached hydrogen (secondary N) is 4. The molecule has 9 nitrogen and oxygen atoms in total. The second-order valence-corrected chi connectivity index (χ2v) is 8.71. The van der Waals surface area contributed by atoms with E-state index in [1.165, 1.54) is 7.11 Å². The molecule has 0 aliphatic carbocycles. The summed E-state index contributed by atoms with van der Waals surface area (Å²) in [5.41, 5.74) is 0.952. The van der Waals surface area contributed by atoms with Gasteiger partial charge >= 0.3 is 6.03 Å². The van der Waals surface area contributed by atoms with Gasteiger partial charge in [0.1, 0.15) is 11.6 Å². The van der Waals surface area contributed by atoms with Crippen LogP contribution in [0.2, 0.25) is 5.02 Å². The van der Waals surface area contributed by atoms with Gasteiger partial charge in [0.15, 0.2) is 6.29 Å². The molecule has 0 spiro atoms. The molecule has 2 heterocycles. The number of aromatic nitrogens is 2. The molecular weight excluding hydrogens is 408 g/mol. The van der Waals surface area contributed by atoms with E-state index in [-0.39, 0.29) is 17.4 Å². The van der Waals surface area contributed by atoms with Crippen LogP contribution in [0.15, 0.2) is 24.3 Å². The number of methoxy groups -OCH3 is 1. The van der Waals surface area contributed by atoms with Crippen molar-refractivity contribution in [2.75, 3.05) is 17.7 Å². The SMILES string of the molecule is COc1ccc(Cl)cc1NC(=O)Nc1cc(C(C)(C)C)nn1C1NC(=O)CC(C)N1. The van der Waals surface area contributed by atoms with E-state index < -0.39 is 12.3 Å². The molecule has 162 valence electrons. The Morgan fingerprint density at radius 1 is 1.30 bits per heavy atom. The minimum Gasteiger partial charge on any atom is -0.495 e. The topological polar surface area (TPSA) is 109 Å². The third-order valence-corrected chi connectivity index (χ3v) is 4.87. The zero-order valence-electron chi connectivity index (χ0n) is 17.7. The molecule has 3 amide bonds. The number of benzene rings is 1. The maximum absolute atomic E-state index is 12.7. The van der Waals surface area contributed by atoms with Gasteiger partial charge in [-0.1, -0.05) is 32.4 Å². The molecule has 1 fully saturated rings. The van der Waals surface area contributed by atoms with E-state index in [4.69, 9.17) is 16.3 Å². The average molecular weight is 435 g/mol. The molecule has 2 atom stereocenters. The van der Waals surface area contributed by atoms with Crippen molar-refractivity contribution >= 4 is 35.0 Å². The van der Waals surface area contributed by atoms with Crippen LogP contribution in [-0.2, 0) is 10.2 Å². The van der Waals surface area contributed by atoms with Gasteiger partial charge in [-0.3, -0.25) is 15.4 Å². The number of halogens is 1. The maximum atomic E-state index is 12.7. The number of nitrogens with zero attached hydrogens (tertiary/aromatic N) is 2. The number of urea groups is 1. The van der Waals surface area contributed by atoms with Crippen LogP contribution < -0.4 is 26.0 Å². The van der Waals surface area contributed by atoms with Crippen molar-refractivity contribution in [3.8, 4) is 5.75 Å². The number of carbonyl (C=O) groups excluding carboxylic acids is 2. The fourth-order valence-corrected chi connectivity index (χ4v) is 3.26. The Hall–Kier alpha value is -2.78. The van der Waals surface area contributed by atoms with Crippen molar-refractivity contribution in [1.82, 2.24) is 20.4 Å². The first-order valence-electron chi connectivity index (χ1n) is 9.64. The minimum absolute atomic E-state index is 0.0246. The summed E-state index contributed by atoms with van der Waals surface area (Å²) in [7, 11) is 1.51. The Bertz CT molecular complexity index is 953. The lowest BCUT2D eigenvalue weighted by atomic mass is 9.92. The molecule has 2 unspecified atom stereocenters. The Morgan fingerprint density at radius 2 is 2.03 bits per heavy atom. The van der Waals surface area contributed by atoms with Crippen molar-refractivity contribution in [3.63, 3.8) is 0 Å². The highest BCUT2D eigenvalue weighted by molar-refractivity contribution is 6.31. The van der Waals surface area contributed by atoms with Gasteiger partial charge in [0.2, 0.25) is 5.91 Å². The molecular formula is C20H27ClN6O3. The van der Waals surface area contributed by atoms with Gasteiger partial charge in [-0.2, -0.15) is 5.10 Å². The van der Waals surface area contributed by atoms with Crippen molar-refractivity contribution in [2.45, 2.75) is 51.9 Å². The zero-order valence-corrected chi connectivity index (χ0v) is 18.4. The maximum Gasteiger partial charge on any atom is 0.324 e. The minimum atomic E-state index is -0.576.